The number of alkyl carbamates (subject to hydrolysis) is 1. The lowest BCUT2D eigenvalue weighted by molar-refractivity contribution is 0.130. The van der Waals surface area contributed by atoms with Gasteiger partial charge in [0, 0.05) is 31.9 Å². The summed E-state index contributed by atoms with van der Waals surface area (Å²) in [5.74, 6) is 0. The number of hydrogen-bond acceptors (Lipinski definition) is 9. The Labute approximate surface area is 300 Å². The molecule has 0 aliphatic heterocycles. The molecule has 11 heteroatoms. The first kappa shape index (κ1) is 34.8. The predicted octanol–water partition coefficient (Wildman–Crippen LogP) is 7.98. The van der Waals surface area contributed by atoms with Gasteiger partial charge < -0.3 is 14.8 Å². The van der Waals surface area contributed by atoms with E-state index >= 15 is 0 Å². The average Bonchev–Trinajstić information content (AvgIpc) is 3.87. The largest absolute Gasteiger partial charge is 0.452 e. The van der Waals surface area contributed by atoms with Gasteiger partial charge in [-0.25, -0.2) is 9.59 Å². The molecule has 50 heavy (non-hydrogen) atoms. The molecule has 6 aromatic rings. The number of nitrogens with one attached hydrogen (secondary N) is 1. The minimum atomic E-state index is -0.494. The van der Waals surface area contributed by atoms with Crippen molar-refractivity contribution in [3.8, 4) is 0 Å². The van der Waals surface area contributed by atoms with E-state index in [-0.39, 0.29) is 18.7 Å². The second kappa shape index (κ2) is 17.5. The van der Waals surface area contributed by atoms with Crippen molar-refractivity contribution in [2.75, 3.05) is 25.1 Å². The molecule has 2 heterocycles. The van der Waals surface area contributed by atoms with Gasteiger partial charge in [-0.2, -0.15) is 0 Å². The zero-order valence-electron chi connectivity index (χ0n) is 27.8. The number of fused-ring (bicyclic) bond motifs is 1. The first-order valence-electron chi connectivity index (χ1n) is 16.4. The Bertz CT molecular complexity index is 1920. The number of rotatable bonds is 15. The van der Waals surface area contributed by atoms with Crippen LogP contribution in [-0.4, -0.2) is 59.3 Å². The summed E-state index contributed by atoms with van der Waals surface area (Å²) in [5, 5.41) is 6.17. The van der Waals surface area contributed by atoms with Crippen molar-refractivity contribution >= 4 is 50.6 Å². The molecule has 0 saturated carbocycles. The van der Waals surface area contributed by atoms with Crippen molar-refractivity contribution in [3.63, 3.8) is 0 Å². The van der Waals surface area contributed by atoms with Crippen LogP contribution in [0.5, 0.6) is 0 Å². The molecule has 2 atom stereocenters. The summed E-state index contributed by atoms with van der Waals surface area (Å²) in [6.07, 6.45) is 3.62. The molecule has 4 aromatic carbocycles. The van der Waals surface area contributed by atoms with Gasteiger partial charge in [0.2, 0.25) is 0 Å². The summed E-state index contributed by atoms with van der Waals surface area (Å²) in [6.45, 7) is 1.70. The molecule has 0 aliphatic carbocycles. The number of benzene rings is 4. The van der Waals surface area contributed by atoms with E-state index in [1.54, 1.807) is 28.3 Å². The van der Waals surface area contributed by atoms with Crippen molar-refractivity contribution < 1.29 is 19.1 Å². The number of anilines is 1. The summed E-state index contributed by atoms with van der Waals surface area (Å²) in [6, 6.07) is 34.4. The molecule has 0 fully saturated rings. The van der Waals surface area contributed by atoms with E-state index in [2.05, 4.69) is 74.8 Å². The lowest BCUT2D eigenvalue weighted by atomic mass is 10.0. The number of nitrogens with zero attached hydrogens (tertiary/aromatic N) is 4. The van der Waals surface area contributed by atoms with Crippen LogP contribution in [0.4, 0.5) is 14.6 Å². The van der Waals surface area contributed by atoms with Crippen molar-refractivity contribution in [3.05, 3.63) is 148 Å². The van der Waals surface area contributed by atoms with E-state index < -0.39 is 12.2 Å². The van der Waals surface area contributed by atoms with Crippen LogP contribution in [0, 0.1) is 0 Å². The third-order valence-corrected chi connectivity index (χ3v) is 9.87. The number of carbonyl (C=O) groups excluding carboxylic acids is 2. The monoisotopic (exact) mass is 705 g/mol. The molecule has 0 bridgehead atoms. The Hall–Kier alpha value is -5.10. The summed E-state index contributed by atoms with van der Waals surface area (Å²) in [4.78, 5) is 40.0. The Kier molecular flexibility index (Phi) is 12.2. The molecule has 1 N–H and O–H groups in total. The van der Waals surface area contributed by atoms with Crippen molar-refractivity contribution in [2.45, 2.75) is 38.1 Å². The highest BCUT2D eigenvalue weighted by atomic mass is 32.1. The van der Waals surface area contributed by atoms with Crippen molar-refractivity contribution in [1.82, 2.24) is 20.2 Å². The lowest BCUT2D eigenvalue weighted by Gasteiger charge is -2.36. The van der Waals surface area contributed by atoms with E-state index in [4.69, 9.17) is 9.47 Å². The summed E-state index contributed by atoms with van der Waals surface area (Å²) in [7, 11) is 1.40. The van der Waals surface area contributed by atoms with Gasteiger partial charge in [-0.1, -0.05) is 97.1 Å². The van der Waals surface area contributed by atoms with Crippen LogP contribution < -0.4 is 10.2 Å². The molecule has 2 amide bonds. The molecule has 0 aliphatic rings. The Morgan fingerprint density at radius 3 is 2.12 bits per heavy atom. The quantitative estimate of drug-likeness (QED) is 0.116. The SMILES string of the molecule is COC(=O)N(c1cncs1)[C@@H](Cc1ccccc1)CN(Cc1ccc2ccccc2c1)C[C@@H](Cc1ccccc1)NC(=O)OCc1cncs1. The molecular formula is C39H39N5O4S2. The van der Waals surface area contributed by atoms with E-state index in [0.29, 0.717) is 37.5 Å². The summed E-state index contributed by atoms with van der Waals surface area (Å²) < 4.78 is 11.0. The maximum atomic E-state index is 13.5. The lowest BCUT2D eigenvalue weighted by Crippen LogP contribution is -2.51. The van der Waals surface area contributed by atoms with Gasteiger partial charge in [-0.05, 0) is 46.4 Å². The van der Waals surface area contributed by atoms with Crippen LogP contribution in [0.25, 0.3) is 10.8 Å². The van der Waals surface area contributed by atoms with Gasteiger partial charge >= 0.3 is 12.2 Å². The molecule has 9 nitrogen and oxygen atoms in total. The van der Waals surface area contributed by atoms with Gasteiger partial charge in [0.25, 0.3) is 0 Å². The highest BCUT2D eigenvalue weighted by Crippen LogP contribution is 2.26. The fourth-order valence-corrected chi connectivity index (χ4v) is 7.29. The van der Waals surface area contributed by atoms with Crippen LogP contribution in [0.1, 0.15) is 21.6 Å². The highest BCUT2D eigenvalue weighted by molar-refractivity contribution is 7.14. The second-order valence-electron chi connectivity index (χ2n) is 12.0. The van der Waals surface area contributed by atoms with Gasteiger partial charge in [0.05, 0.1) is 35.2 Å². The molecular weight excluding hydrogens is 667 g/mol. The van der Waals surface area contributed by atoms with Crippen LogP contribution in [0.3, 0.4) is 0 Å². The molecule has 6 rings (SSSR count). The highest BCUT2D eigenvalue weighted by Gasteiger charge is 2.31. The molecule has 0 unspecified atom stereocenters. The standard InChI is InChI=1S/C39H39N5O4S2/c1-47-39(46)44(37-22-41-28-50-37)35(20-30-12-6-3-7-13-30)25-43(23-31-16-17-32-14-8-9-15-33(32)18-31)24-34(19-29-10-4-2-5-11-29)42-38(45)48-26-36-21-40-27-49-36/h2-18,21-22,27-28,34-35H,19-20,23-26H2,1H3,(H,42,45)/t34-,35+/m1/s1. The third kappa shape index (κ3) is 9.75. The number of aromatic nitrogens is 2. The molecule has 0 spiro atoms. The maximum Gasteiger partial charge on any atom is 0.415 e. The van der Waals surface area contributed by atoms with Gasteiger partial charge in [0.1, 0.15) is 11.6 Å². The number of methoxy groups -OCH3 is 1. The zero-order chi connectivity index (χ0) is 34.5. The van der Waals surface area contributed by atoms with Gasteiger partial charge in [0.15, 0.2) is 0 Å². The van der Waals surface area contributed by atoms with E-state index in [9.17, 15) is 9.59 Å². The van der Waals surface area contributed by atoms with Crippen LogP contribution in [0.2, 0.25) is 0 Å². The maximum absolute atomic E-state index is 13.5. The summed E-state index contributed by atoms with van der Waals surface area (Å²) >= 11 is 2.83. The first-order chi connectivity index (χ1) is 24.5. The minimum Gasteiger partial charge on any atom is -0.452 e. The second-order valence-corrected chi connectivity index (χ2v) is 13.8. The van der Waals surface area contributed by atoms with E-state index in [1.807, 2.05) is 48.5 Å². The van der Waals surface area contributed by atoms with Crippen molar-refractivity contribution in [2.24, 2.45) is 0 Å². The minimum absolute atomic E-state index is 0.150. The van der Waals surface area contributed by atoms with E-state index in [0.717, 1.165) is 27.0 Å². The fourth-order valence-electron chi connectivity index (χ4n) is 6.10. The van der Waals surface area contributed by atoms with Crippen LogP contribution in [0.15, 0.2) is 127 Å². The fraction of sp³-hybridized carbons (Fsp3) is 0.231. The van der Waals surface area contributed by atoms with Crippen molar-refractivity contribution in [1.29, 1.82) is 0 Å². The average molecular weight is 706 g/mol. The van der Waals surface area contributed by atoms with Gasteiger partial charge in [-0.15, -0.1) is 22.7 Å². The number of thiazole rings is 2. The van der Waals surface area contributed by atoms with E-state index in [1.165, 1.54) is 35.2 Å². The van der Waals surface area contributed by atoms with Crippen LogP contribution in [-0.2, 0) is 35.5 Å². The molecule has 0 saturated heterocycles. The molecule has 0 radical (unpaired) electrons. The topological polar surface area (TPSA) is 96.9 Å². The predicted molar refractivity (Wildman–Crippen MR) is 200 cm³/mol. The Balaban J connectivity index is 1.33. The Morgan fingerprint density at radius 1 is 0.760 bits per heavy atom. The zero-order valence-corrected chi connectivity index (χ0v) is 29.4. The normalized spacial score (nSPS) is 12.4. The number of ether oxygens (including phenoxy) is 2. The Morgan fingerprint density at radius 2 is 1.44 bits per heavy atom. The number of hydrogen-bond donors (Lipinski definition) is 1. The number of carbonyl (C=O) groups is 2. The smallest absolute Gasteiger partial charge is 0.415 e. The first-order valence-corrected chi connectivity index (χ1v) is 18.1. The summed E-state index contributed by atoms with van der Waals surface area (Å²) in [5.41, 5.74) is 6.74. The molecule has 256 valence electrons. The third-order valence-electron chi connectivity index (χ3n) is 8.35. The van der Waals surface area contributed by atoms with Crippen LogP contribution >= 0.6 is 22.7 Å². The number of amides is 2. The van der Waals surface area contributed by atoms with Gasteiger partial charge in [-0.3, -0.25) is 19.8 Å². The molecule has 2 aromatic heterocycles.